The molecule has 0 bridgehead atoms. The number of anilines is 1. The van der Waals surface area contributed by atoms with Crippen molar-refractivity contribution in [1.29, 1.82) is 0 Å². The molecule has 1 N–H and O–H groups in total. The van der Waals surface area contributed by atoms with Gasteiger partial charge in [-0.25, -0.2) is 4.98 Å². The van der Waals surface area contributed by atoms with Gasteiger partial charge in [0.05, 0.1) is 0 Å². The highest BCUT2D eigenvalue weighted by Gasteiger charge is 2.17. The molecule has 3 rings (SSSR count). The van der Waals surface area contributed by atoms with Gasteiger partial charge in [-0.2, -0.15) is 0 Å². The average molecular weight is 282 g/mol. The molecule has 0 unspecified atom stereocenters. The summed E-state index contributed by atoms with van der Waals surface area (Å²) < 4.78 is 0. The van der Waals surface area contributed by atoms with Crippen LogP contribution in [0.4, 0.5) is 5.82 Å². The first-order valence-electron chi connectivity index (χ1n) is 7.14. The van der Waals surface area contributed by atoms with Gasteiger partial charge in [-0.3, -0.25) is 9.78 Å². The molecule has 0 aliphatic carbocycles. The molecule has 0 radical (unpaired) electrons. The zero-order valence-corrected chi connectivity index (χ0v) is 12.0. The number of hydrogen-bond acceptors (Lipinski definition) is 5. The van der Waals surface area contributed by atoms with Crippen LogP contribution in [0.5, 0.6) is 0 Å². The predicted octanol–water partition coefficient (Wildman–Crippen LogP) is 1.76. The van der Waals surface area contributed by atoms with E-state index in [1.165, 1.54) is 0 Å². The predicted molar refractivity (Wildman–Crippen MR) is 82.6 cm³/mol. The SMILES string of the molecule is CC(=O)c1ccc(-c2nccnc2N2CCNCC2)cc1. The maximum Gasteiger partial charge on any atom is 0.159 e. The van der Waals surface area contributed by atoms with E-state index in [0.29, 0.717) is 5.56 Å². The van der Waals surface area contributed by atoms with Crippen LogP contribution in [0.3, 0.4) is 0 Å². The summed E-state index contributed by atoms with van der Waals surface area (Å²) in [6, 6.07) is 7.56. The highest BCUT2D eigenvalue weighted by atomic mass is 16.1. The highest BCUT2D eigenvalue weighted by Crippen LogP contribution is 2.27. The fourth-order valence-corrected chi connectivity index (χ4v) is 2.51. The standard InChI is InChI=1S/C16H18N4O/c1-12(21)13-2-4-14(5-3-13)15-16(19-7-6-18-15)20-10-8-17-9-11-20/h2-7,17H,8-11H2,1H3. The molecule has 1 fully saturated rings. The number of hydrogen-bond donors (Lipinski definition) is 1. The summed E-state index contributed by atoms with van der Waals surface area (Å²) in [6.07, 6.45) is 3.44. The van der Waals surface area contributed by atoms with E-state index in [9.17, 15) is 4.79 Å². The molecule has 0 spiro atoms. The molecule has 2 aromatic rings. The smallest absolute Gasteiger partial charge is 0.159 e. The van der Waals surface area contributed by atoms with Crippen molar-refractivity contribution in [2.45, 2.75) is 6.92 Å². The Labute approximate surface area is 124 Å². The highest BCUT2D eigenvalue weighted by molar-refractivity contribution is 5.94. The summed E-state index contributed by atoms with van der Waals surface area (Å²) in [5, 5.41) is 3.34. The number of nitrogens with zero attached hydrogens (tertiary/aromatic N) is 3. The number of benzene rings is 1. The molecule has 1 aromatic carbocycles. The van der Waals surface area contributed by atoms with Crippen molar-refractivity contribution in [3.05, 3.63) is 42.2 Å². The van der Waals surface area contributed by atoms with Crippen LogP contribution >= 0.6 is 0 Å². The van der Waals surface area contributed by atoms with Gasteiger partial charge < -0.3 is 10.2 Å². The lowest BCUT2D eigenvalue weighted by molar-refractivity contribution is 0.101. The lowest BCUT2D eigenvalue weighted by Gasteiger charge is -2.29. The average Bonchev–Trinajstić information content (AvgIpc) is 2.56. The van der Waals surface area contributed by atoms with Gasteiger partial charge in [-0.15, -0.1) is 0 Å². The minimum atomic E-state index is 0.0722. The third kappa shape index (κ3) is 2.92. The van der Waals surface area contributed by atoms with E-state index >= 15 is 0 Å². The van der Waals surface area contributed by atoms with Crippen LogP contribution in [0, 0.1) is 0 Å². The van der Waals surface area contributed by atoms with Gasteiger partial charge in [0.15, 0.2) is 11.6 Å². The van der Waals surface area contributed by atoms with E-state index in [-0.39, 0.29) is 5.78 Å². The van der Waals surface area contributed by atoms with E-state index in [2.05, 4.69) is 20.2 Å². The van der Waals surface area contributed by atoms with Crippen LogP contribution in [0.2, 0.25) is 0 Å². The van der Waals surface area contributed by atoms with Crippen LogP contribution in [0.1, 0.15) is 17.3 Å². The first-order valence-corrected chi connectivity index (χ1v) is 7.14. The number of aromatic nitrogens is 2. The van der Waals surface area contributed by atoms with E-state index in [4.69, 9.17) is 0 Å². The Morgan fingerprint density at radius 1 is 1.10 bits per heavy atom. The number of carbonyl (C=O) groups is 1. The van der Waals surface area contributed by atoms with E-state index in [0.717, 1.165) is 43.3 Å². The van der Waals surface area contributed by atoms with Crippen molar-refractivity contribution in [2.75, 3.05) is 31.1 Å². The minimum Gasteiger partial charge on any atom is -0.352 e. The van der Waals surface area contributed by atoms with E-state index in [1.807, 2.05) is 24.3 Å². The van der Waals surface area contributed by atoms with Gasteiger partial charge in [0, 0.05) is 49.7 Å². The zero-order chi connectivity index (χ0) is 14.7. The van der Waals surface area contributed by atoms with Gasteiger partial charge in [0.25, 0.3) is 0 Å². The van der Waals surface area contributed by atoms with Crippen LogP contribution in [-0.4, -0.2) is 41.9 Å². The molecule has 2 heterocycles. The monoisotopic (exact) mass is 282 g/mol. The second-order valence-electron chi connectivity index (χ2n) is 5.10. The van der Waals surface area contributed by atoms with Crippen LogP contribution in [0.25, 0.3) is 11.3 Å². The van der Waals surface area contributed by atoms with Gasteiger partial charge in [0.1, 0.15) is 5.69 Å². The summed E-state index contributed by atoms with van der Waals surface area (Å²) in [5.74, 6) is 0.984. The number of piperazine rings is 1. The lowest BCUT2D eigenvalue weighted by atomic mass is 10.1. The Kier molecular flexibility index (Phi) is 3.92. The molecule has 1 aromatic heterocycles. The van der Waals surface area contributed by atoms with Crippen LogP contribution in [-0.2, 0) is 0 Å². The molecule has 1 aliphatic rings. The quantitative estimate of drug-likeness (QED) is 0.869. The van der Waals surface area contributed by atoms with Crippen molar-refractivity contribution >= 4 is 11.6 Å². The molecule has 0 saturated carbocycles. The molecular formula is C16H18N4O. The van der Waals surface area contributed by atoms with Gasteiger partial charge >= 0.3 is 0 Å². The lowest BCUT2D eigenvalue weighted by Crippen LogP contribution is -2.44. The summed E-state index contributed by atoms with van der Waals surface area (Å²) in [7, 11) is 0. The fourth-order valence-electron chi connectivity index (χ4n) is 2.51. The topological polar surface area (TPSA) is 58.1 Å². The van der Waals surface area contributed by atoms with Crippen LogP contribution in [0.15, 0.2) is 36.7 Å². The maximum absolute atomic E-state index is 11.4. The number of ketones is 1. The van der Waals surface area contributed by atoms with Gasteiger partial charge in [-0.1, -0.05) is 24.3 Å². The van der Waals surface area contributed by atoms with E-state index < -0.39 is 0 Å². The Bertz CT molecular complexity index is 633. The summed E-state index contributed by atoms with van der Waals surface area (Å²) in [6.45, 7) is 5.34. The molecule has 5 nitrogen and oxygen atoms in total. The Hall–Kier alpha value is -2.27. The van der Waals surface area contributed by atoms with Crippen molar-refractivity contribution in [2.24, 2.45) is 0 Å². The summed E-state index contributed by atoms with van der Waals surface area (Å²) >= 11 is 0. The molecule has 1 aliphatic heterocycles. The third-order valence-corrected chi connectivity index (χ3v) is 3.66. The Balaban J connectivity index is 1.96. The van der Waals surface area contributed by atoms with Crippen LogP contribution < -0.4 is 10.2 Å². The Morgan fingerprint density at radius 2 is 1.76 bits per heavy atom. The van der Waals surface area contributed by atoms with Crippen molar-refractivity contribution in [3.8, 4) is 11.3 Å². The second-order valence-corrected chi connectivity index (χ2v) is 5.10. The summed E-state index contributed by atoms with van der Waals surface area (Å²) in [5.41, 5.74) is 2.57. The van der Waals surface area contributed by atoms with Crippen molar-refractivity contribution in [3.63, 3.8) is 0 Å². The maximum atomic E-state index is 11.4. The van der Waals surface area contributed by atoms with Crippen molar-refractivity contribution in [1.82, 2.24) is 15.3 Å². The third-order valence-electron chi connectivity index (χ3n) is 3.66. The minimum absolute atomic E-state index is 0.0722. The first-order chi connectivity index (χ1) is 10.3. The molecule has 108 valence electrons. The van der Waals surface area contributed by atoms with E-state index in [1.54, 1.807) is 19.3 Å². The molecule has 0 amide bonds. The fraction of sp³-hybridized carbons (Fsp3) is 0.312. The molecule has 21 heavy (non-hydrogen) atoms. The Morgan fingerprint density at radius 3 is 2.43 bits per heavy atom. The normalized spacial score (nSPS) is 15.0. The van der Waals surface area contributed by atoms with Crippen molar-refractivity contribution < 1.29 is 4.79 Å². The molecule has 0 atom stereocenters. The second kappa shape index (κ2) is 6.01. The number of nitrogens with one attached hydrogen (secondary N) is 1. The van der Waals surface area contributed by atoms with Gasteiger partial charge in [0.2, 0.25) is 0 Å². The number of rotatable bonds is 3. The molecular weight excluding hydrogens is 264 g/mol. The first kappa shape index (κ1) is 13.7. The largest absolute Gasteiger partial charge is 0.352 e. The summed E-state index contributed by atoms with van der Waals surface area (Å²) in [4.78, 5) is 22.6. The molecule has 1 saturated heterocycles. The van der Waals surface area contributed by atoms with Gasteiger partial charge in [-0.05, 0) is 6.92 Å². The number of carbonyl (C=O) groups excluding carboxylic acids is 1. The number of Topliss-reactive ketones (excluding diaryl/α,β-unsaturated/α-hetero) is 1. The zero-order valence-electron chi connectivity index (χ0n) is 12.0. The molecule has 5 heteroatoms.